The van der Waals surface area contributed by atoms with E-state index < -0.39 is 0 Å². The third-order valence-electron chi connectivity index (χ3n) is 2.75. The number of rotatable bonds is 5. The first-order valence-corrected chi connectivity index (χ1v) is 4.96. The van der Waals surface area contributed by atoms with E-state index in [0.717, 1.165) is 37.5 Å². The Morgan fingerprint density at radius 2 is 2.08 bits per heavy atom. The first-order chi connectivity index (χ1) is 5.74. The molecule has 1 rings (SSSR count). The standard InChI is InChI=1S/C10H21NO/c1-8(2)10(5-11-3)4-9-6-12-7-9/h8-11H,4-7H2,1-3H3. The van der Waals surface area contributed by atoms with E-state index in [2.05, 4.69) is 19.2 Å². The van der Waals surface area contributed by atoms with Crippen molar-refractivity contribution in [2.75, 3.05) is 26.8 Å². The van der Waals surface area contributed by atoms with Gasteiger partial charge in [-0.3, -0.25) is 0 Å². The predicted octanol–water partition coefficient (Wildman–Crippen LogP) is 1.51. The second-order valence-electron chi connectivity index (χ2n) is 4.20. The summed E-state index contributed by atoms with van der Waals surface area (Å²) >= 11 is 0. The maximum Gasteiger partial charge on any atom is 0.0516 e. The van der Waals surface area contributed by atoms with Gasteiger partial charge in [0.05, 0.1) is 13.2 Å². The molecule has 0 aliphatic carbocycles. The fraction of sp³-hybridized carbons (Fsp3) is 1.00. The molecule has 1 aliphatic heterocycles. The fourth-order valence-electron chi connectivity index (χ4n) is 1.70. The van der Waals surface area contributed by atoms with Crippen LogP contribution >= 0.6 is 0 Å². The molecule has 2 heteroatoms. The summed E-state index contributed by atoms with van der Waals surface area (Å²) in [5.41, 5.74) is 0. The van der Waals surface area contributed by atoms with Gasteiger partial charge in [-0.05, 0) is 31.8 Å². The minimum absolute atomic E-state index is 0.790. The highest BCUT2D eigenvalue weighted by molar-refractivity contribution is 4.73. The van der Waals surface area contributed by atoms with Crippen molar-refractivity contribution in [1.82, 2.24) is 5.32 Å². The van der Waals surface area contributed by atoms with E-state index in [1.165, 1.54) is 6.42 Å². The van der Waals surface area contributed by atoms with Crippen LogP contribution in [0, 0.1) is 17.8 Å². The van der Waals surface area contributed by atoms with E-state index in [9.17, 15) is 0 Å². The molecular weight excluding hydrogens is 150 g/mol. The van der Waals surface area contributed by atoms with Crippen LogP contribution in [0.25, 0.3) is 0 Å². The predicted molar refractivity (Wildman–Crippen MR) is 51.2 cm³/mol. The molecule has 0 amide bonds. The van der Waals surface area contributed by atoms with Crippen LogP contribution in [0.5, 0.6) is 0 Å². The summed E-state index contributed by atoms with van der Waals surface area (Å²) in [5.74, 6) is 2.45. The minimum Gasteiger partial charge on any atom is -0.381 e. The smallest absolute Gasteiger partial charge is 0.0516 e. The average Bonchev–Trinajstić information content (AvgIpc) is 1.93. The zero-order chi connectivity index (χ0) is 8.97. The van der Waals surface area contributed by atoms with Crippen LogP contribution in [0.3, 0.4) is 0 Å². The molecule has 0 bridgehead atoms. The van der Waals surface area contributed by atoms with Gasteiger partial charge in [-0.25, -0.2) is 0 Å². The Kier molecular flexibility index (Phi) is 4.02. The lowest BCUT2D eigenvalue weighted by atomic mass is 9.85. The molecule has 1 unspecified atom stereocenters. The summed E-state index contributed by atoms with van der Waals surface area (Å²) in [6, 6.07) is 0. The number of ether oxygens (including phenoxy) is 1. The number of hydrogen-bond acceptors (Lipinski definition) is 2. The Morgan fingerprint density at radius 3 is 2.42 bits per heavy atom. The van der Waals surface area contributed by atoms with Crippen molar-refractivity contribution in [1.29, 1.82) is 0 Å². The summed E-state index contributed by atoms with van der Waals surface area (Å²) in [7, 11) is 2.03. The molecule has 12 heavy (non-hydrogen) atoms. The largest absolute Gasteiger partial charge is 0.381 e. The van der Waals surface area contributed by atoms with E-state index in [1.807, 2.05) is 7.05 Å². The van der Waals surface area contributed by atoms with Crippen LogP contribution in [0.1, 0.15) is 20.3 Å². The molecule has 1 atom stereocenters. The molecule has 0 spiro atoms. The molecule has 1 fully saturated rings. The molecule has 0 aromatic rings. The normalized spacial score (nSPS) is 21.0. The molecule has 2 nitrogen and oxygen atoms in total. The van der Waals surface area contributed by atoms with Gasteiger partial charge in [0.2, 0.25) is 0 Å². The Morgan fingerprint density at radius 1 is 1.42 bits per heavy atom. The third-order valence-corrected chi connectivity index (χ3v) is 2.75. The minimum atomic E-state index is 0.790. The highest BCUT2D eigenvalue weighted by atomic mass is 16.5. The van der Waals surface area contributed by atoms with Gasteiger partial charge in [0.25, 0.3) is 0 Å². The quantitative estimate of drug-likeness (QED) is 0.677. The van der Waals surface area contributed by atoms with Gasteiger partial charge in [0.15, 0.2) is 0 Å². The molecule has 1 N–H and O–H groups in total. The van der Waals surface area contributed by atoms with Gasteiger partial charge in [-0.15, -0.1) is 0 Å². The van der Waals surface area contributed by atoms with Gasteiger partial charge in [0.1, 0.15) is 0 Å². The number of hydrogen-bond donors (Lipinski definition) is 1. The van der Waals surface area contributed by atoms with E-state index in [0.29, 0.717) is 0 Å². The zero-order valence-electron chi connectivity index (χ0n) is 8.47. The SMILES string of the molecule is CNCC(CC1COC1)C(C)C. The average molecular weight is 171 g/mol. The molecule has 1 aliphatic rings. The van der Waals surface area contributed by atoms with E-state index in [1.54, 1.807) is 0 Å². The van der Waals surface area contributed by atoms with Crippen LogP contribution in [0.15, 0.2) is 0 Å². The van der Waals surface area contributed by atoms with Crippen molar-refractivity contribution in [3.05, 3.63) is 0 Å². The molecule has 0 saturated carbocycles. The molecule has 1 heterocycles. The van der Waals surface area contributed by atoms with Crippen LogP contribution in [0.2, 0.25) is 0 Å². The van der Waals surface area contributed by atoms with Crippen molar-refractivity contribution in [2.24, 2.45) is 17.8 Å². The maximum atomic E-state index is 5.17. The molecule has 0 radical (unpaired) electrons. The second kappa shape index (κ2) is 4.83. The van der Waals surface area contributed by atoms with Gasteiger partial charge >= 0.3 is 0 Å². The summed E-state index contributed by atoms with van der Waals surface area (Å²) in [5, 5.41) is 3.26. The van der Waals surface area contributed by atoms with Crippen molar-refractivity contribution in [2.45, 2.75) is 20.3 Å². The van der Waals surface area contributed by atoms with Crippen LogP contribution in [0.4, 0.5) is 0 Å². The lowest BCUT2D eigenvalue weighted by Crippen LogP contribution is -2.33. The van der Waals surface area contributed by atoms with Gasteiger partial charge in [-0.1, -0.05) is 13.8 Å². The Labute approximate surface area is 75.7 Å². The van der Waals surface area contributed by atoms with Crippen molar-refractivity contribution >= 4 is 0 Å². The van der Waals surface area contributed by atoms with E-state index in [-0.39, 0.29) is 0 Å². The summed E-state index contributed by atoms with van der Waals surface area (Å²) < 4.78 is 5.17. The lowest BCUT2D eigenvalue weighted by Gasteiger charge is -2.31. The maximum absolute atomic E-state index is 5.17. The highest BCUT2D eigenvalue weighted by Gasteiger charge is 2.24. The Bertz CT molecular complexity index is 121. The second-order valence-corrected chi connectivity index (χ2v) is 4.20. The Balaban J connectivity index is 2.21. The highest BCUT2D eigenvalue weighted by Crippen LogP contribution is 2.24. The van der Waals surface area contributed by atoms with Gasteiger partial charge in [-0.2, -0.15) is 0 Å². The van der Waals surface area contributed by atoms with Crippen LogP contribution < -0.4 is 5.32 Å². The number of nitrogens with one attached hydrogen (secondary N) is 1. The van der Waals surface area contributed by atoms with Crippen molar-refractivity contribution < 1.29 is 4.74 Å². The summed E-state index contributed by atoms with van der Waals surface area (Å²) in [6.45, 7) is 7.75. The summed E-state index contributed by atoms with van der Waals surface area (Å²) in [6.07, 6.45) is 1.33. The first-order valence-electron chi connectivity index (χ1n) is 4.96. The lowest BCUT2D eigenvalue weighted by molar-refractivity contribution is -0.0450. The molecule has 0 aromatic heterocycles. The molecule has 72 valence electrons. The summed E-state index contributed by atoms with van der Waals surface area (Å²) in [4.78, 5) is 0. The van der Waals surface area contributed by atoms with Crippen molar-refractivity contribution in [3.63, 3.8) is 0 Å². The van der Waals surface area contributed by atoms with Crippen LogP contribution in [-0.4, -0.2) is 26.8 Å². The third kappa shape index (κ3) is 2.76. The molecule has 0 aromatic carbocycles. The topological polar surface area (TPSA) is 21.3 Å². The van der Waals surface area contributed by atoms with Crippen LogP contribution in [-0.2, 0) is 4.74 Å². The van der Waals surface area contributed by atoms with Crippen molar-refractivity contribution in [3.8, 4) is 0 Å². The van der Waals surface area contributed by atoms with Gasteiger partial charge < -0.3 is 10.1 Å². The molecular formula is C10H21NO. The Hall–Kier alpha value is -0.0800. The zero-order valence-corrected chi connectivity index (χ0v) is 8.47. The van der Waals surface area contributed by atoms with E-state index >= 15 is 0 Å². The fourth-order valence-corrected chi connectivity index (χ4v) is 1.70. The monoisotopic (exact) mass is 171 g/mol. The first kappa shape index (κ1) is 10.0. The van der Waals surface area contributed by atoms with Gasteiger partial charge in [0, 0.05) is 5.92 Å². The van der Waals surface area contributed by atoms with E-state index in [4.69, 9.17) is 4.74 Å². The molecule has 1 saturated heterocycles.